The van der Waals surface area contributed by atoms with Crippen molar-refractivity contribution >= 4 is 17.5 Å². The van der Waals surface area contributed by atoms with E-state index in [1.807, 2.05) is 6.92 Å². The van der Waals surface area contributed by atoms with E-state index in [-0.39, 0.29) is 22.7 Å². The zero-order chi connectivity index (χ0) is 14.0. The molecule has 1 aromatic rings. The van der Waals surface area contributed by atoms with Gasteiger partial charge in [-0.25, -0.2) is 4.39 Å². The number of carbonyl (C=O) groups is 1. The standard InChI is InChI=1S/C13H15ClFNO3/c1-7-4-9(2-3-19-7)16-13(18)10-5-8(15)6-11(14)12(10)17/h5-7,9,17H,2-4H2,1H3,(H,16,18). The Hall–Kier alpha value is -1.33. The second-order valence-electron chi connectivity index (χ2n) is 4.66. The third-order valence-corrected chi connectivity index (χ3v) is 3.38. The van der Waals surface area contributed by atoms with Gasteiger partial charge in [0.1, 0.15) is 11.6 Å². The minimum absolute atomic E-state index is 0.0438. The number of nitrogens with one attached hydrogen (secondary N) is 1. The number of hydrogen-bond acceptors (Lipinski definition) is 3. The average Bonchev–Trinajstić information content (AvgIpc) is 2.33. The fraction of sp³-hybridized carbons (Fsp3) is 0.462. The Kier molecular flexibility index (Phi) is 4.27. The van der Waals surface area contributed by atoms with Crippen molar-refractivity contribution in [2.75, 3.05) is 6.61 Å². The zero-order valence-electron chi connectivity index (χ0n) is 10.5. The van der Waals surface area contributed by atoms with Crippen LogP contribution in [0.3, 0.4) is 0 Å². The summed E-state index contributed by atoms with van der Waals surface area (Å²) >= 11 is 5.64. The molecule has 104 valence electrons. The molecule has 2 atom stereocenters. The zero-order valence-corrected chi connectivity index (χ0v) is 11.2. The Bertz CT molecular complexity index is 495. The first-order valence-corrected chi connectivity index (χ1v) is 6.45. The van der Waals surface area contributed by atoms with E-state index in [2.05, 4.69) is 5.32 Å². The van der Waals surface area contributed by atoms with Gasteiger partial charge >= 0.3 is 0 Å². The van der Waals surface area contributed by atoms with Gasteiger partial charge in [-0.15, -0.1) is 0 Å². The summed E-state index contributed by atoms with van der Waals surface area (Å²) < 4.78 is 18.6. The molecule has 1 amide bonds. The number of carbonyl (C=O) groups excluding carboxylic acids is 1. The molecule has 0 aromatic heterocycles. The Labute approximate surface area is 115 Å². The smallest absolute Gasteiger partial charge is 0.255 e. The second kappa shape index (κ2) is 5.75. The van der Waals surface area contributed by atoms with E-state index in [0.717, 1.165) is 12.1 Å². The van der Waals surface area contributed by atoms with Gasteiger partial charge in [0.2, 0.25) is 0 Å². The van der Waals surface area contributed by atoms with Gasteiger partial charge in [0.05, 0.1) is 16.7 Å². The highest BCUT2D eigenvalue weighted by atomic mass is 35.5. The minimum Gasteiger partial charge on any atom is -0.506 e. The van der Waals surface area contributed by atoms with E-state index in [1.165, 1.54) is 0 Å². The first-order chi connectivity index (χ1) is 8.97. The quantitative estimate of drug-likeness (QED) is 0.878. The molecule has 1 heterocycles. The molecular weight excluding hydrogens is 273 g/mol. The second-order valence-corrected chi connectivity index (χ2v) is 5.07. The largest absolute Gasteiger partial charge is 0.506 e. The molecule has 1 saturated heterocycles. The summed E-state index contributed by atoms with van der Waals surface area (Å²) in [5.41, 5.74) is -0.149. The monoisotopic (exact) mass is 287 g/mol. The highest BCUT2D eigenvalue weighted by Crippen LogP contribution is 2.28. The molecule has 2 unspecified atom stereocenters. The highest BCUT2D eigenvalue weighted by Gasteiger charge is 2.23. The SMILES string of the molecule is CC1CC(NC(=O)c2cc(F)cc(Cl)c2O)CCO1. The highest BCUT2D eigenvalue weighted by molar-refractivity contribution is 6.32. The van der Waals surface area contributed by atoms with Crippen molar-refractivity contribution < 1.29 is 19.0 Å². The molecule has 1 aliphatic heterocycles. The van der Waals surface area contributed by atoms with Gasteiger partial charge in [-0.3, -0.25) is 4.79 Å². The molecule has 6 heteroatoms. The fourth-order valence-electron chi connectivity index (χ4n) is 2.13. The van der Waals surface area contributed by atoms with Gasteiger partial charge in [-0.2, -0.15) is 0 Å². The van der Waals surface area contributed by atoms with Crippen LogP contribution in [0.4, 0.5) is 4.39 Å². The lowest BCUT2D eigenvalue weighted by molar-refractivity contribution is 0.0136. The molecular formula is C13H15ClFNO3. The average molecular weight is 288 g/mol. The molecule has 0 radical (unpaired) electrons. The number of aromatic hydroxyl groups is 1. The molecule has 1 fully saturated rings. The normalized spacial score (nSPS) is 23.1. The molecule has 1 aliphatic rings. The van der Waals surface area contributed by atoms with Crippen LogP contribution in [0.2, 0.25) is 5.02 Å². The van der Waals surface area contributed by atoms with Crippen LogP contribution in [-0.4, -0.2) is 29.8 Å². The van der Waals surface area contributed by atoms with Gasteiger partial charge in [-0.1, -0.05) is 11.6 Å². The van der Waals surface area contributed by atoms with Crippen LogP contribution in [0.15, 0.2) is 12.1 Å². The first kappa shape index (κ1) is 14.1. The Morgan fingerprint density at radius 2 is 2.32 bits per heavy atom. The van der Waals surface area contributed by atoms with Crippen LogP contribution < -0.4 is 5.32 Å². The predicted octanol–water partition coefficient (Wildman–Crippen LogP) is 2.48. The van der Waals surface area contributed by atoms with Gasteiger partial charge in [0.25, 0.3) is 5.91 Å². The molecule has 1 aromatic carbocycles. The summed E-state index contributed by atoms with van der Waals surface area (Å²) in [4.78, 5) is 12.0. The minimum atomic E-state index is -0.659. The molecule has 0 saturated carbocycles. The summed E-state index contributed by atoms with van der Waals surface area (Å²) in [6.07, 6.45) is 1.46. The van der Waals surface area contributed by atoms with E-state index in [1.54, 1.807) is 0 Å². The third kappa shape index (κ3) is 3.36. The van der Waals surface area contributed by atoms with Crippen molar-refractivity contribution in [1.29, 1.82) is 0 Å². The van der Waals surface area contributed by atoms with E-state index in [9.17, 15) is 14.3 Å². The maximum Gasteiger partial charge on any atom is 0.255 e. The predicted molar refractivity (Wildman–Crippen MR) is 69.0 cm³/mol. The van der Waals surface area contributed by atoms with Crippen LogP contribution in [0.1, 0.15) is 30.1 Å². The number of phenols is 1. The Morgan fingerprint density at radius 1 is 1.58 bits per heavy atom. The molecule has 0 spiro atoms. The number of hydrogen-bond donors (Lipinski definition) is 2. The number of rotatable bonds is 2. The lowest BCUT2D eigenvalue weighted by Gasteiger charge is -2.28. The van der Waals surface area contributed by atoms with Crippen molar-refractivity contribution in [3.05, 3.63) is 28.5 Å². The molecule has 4 nitrogen and oxygen atoms in total. The van der Waals surface area contributed by atoms with Crippen molar-refractivity contribution in [3.8, 4) is 5.75 Å². The third-order valence-electron chi connectivity index (χ3n) is 3.09. The van der Waals surface area contributed by atoms with E-state index < -0.39 is 17.5 Å². The van der Waals surface area contributed by atoms with Crippen LogP contribution in [0, 0.1) is 5.82 Å². The van der Waals surface area contributed by atoms with Crippen LogP contribution in [-0.2, 0) is 4.74 Å². The summed E-state index contributed by atoms with van der Waals surface area (Å²) in [5, 5.41) is 12.3. The van der Waals surface area contributed by atoms with Crippen LogP contribution in [0.25, 0.3) is 0 Å². The molecule has 0 bridgehead atoms. The van der Waals surface area contributed by atoms with Crippen LogP contribution >= 0.6 is 11.6 Å². The Morgan fingerprint density at radius 3 is 3.00 bits per heavy atom. The summed E-state index contributed by atoms with van der Waals surface area (Å²) in [7, 11) is 0. The fourth-order valence-corrected chi connectivity index (χ4v) is 2.34. The summed E-state index contributed by atoms with van der Waals surface area (Å²) in [6.45, 7) is 2.50. The summed E-state index contributed by atoms with van der Waals surface area (Å²) in [5.74, 6) is -1.59. The van der Waals surface area contributed by atoms with Gasteiger partial charge < -0.3 is 15.2 Å². The van der Waals surface area contributed by atoms with E-state index in [0.29, 0.717) is 19.4 Å². The van der Waals surface area contributed by atoms with E-state index >= 15 is 0 Å². The number of phenolic OH excluding ortho intramolecular Hbond substituents is 1. The van der Waals surface area contributed by atoms with Gasteiger partial charge in [0, 0.05) is 12.6 Å². The first-order valence-electron chi connectivity index (χ1n) is 6.08. The summed E-state index contributed by atoms with van der Waals surface area (Å²) in [6, 6.07) is 1.89. The number of ether oxygens (including phenoxy) is 1. The molecule has 19 heavy (non-hydrogen) atoms. The lowest BCUT2D eigenvalue weighted by atomic mass is 10.0. The Balaban J connectivity index is 2.11. The van der Waals surface area contributed by atoms with Crippen LogP contribution in [0.5, 0.6) is 5.75 Å². The molecule has 2 rings (SSSR count). The van der Waals surface area contributed by atoms with E-state index in [4.69, 9.17) is 16.3 Å². The molecule has 0 aliphatic carbocycles. The van der Waals surface area contributed by atoms with Gasteiger partial charge in [-0.05, 0) is 31.9 Å². The van der Waals surface area contributed by atoms with Crippen molar-refractivity contribution in [2.45, 2.75) is 31.9 Å². The van der Waals surface area contributed by atoms with Crippen molar-refractivity contribution in [2.24, 2.45) is 0 Å². The molecule has 2 N–H and O–H groups in total. The topological polar surface area (TPSA) is 58.6 Å². The number of amides is 1. The van der Waals surface area contributed by atoms with Crippen molar-refractivity contribution in [1.82, 2.24) is 5.32 Å². The maximum absolute atomic E-state index is 13.2. The van der Waals surface area contributed by atoms with Gasteiger partial charge in [0.15, 0.2) is 0 Å². The number of halogens is 2. The van der Waals surface area contributed by atoms with Crippen molar-refractivity contribution in [3.63, 3.8) is 0 Å². The number of benzene rings is 1. The lowest BCUT2D eigenvalue weighted by Crippen LogP contribution is -2.41. The maximum atomic E-state index is 13.2.